The van der Waals surface area contributed by atoms with Crippen molar-refractivity contribution in [1.29, 1.82) is 0 Å². The Morgan fingerprint density at radius 2 is 1.33 bits per heavy atom. The predicted molar refractivity (Wildman–Crippen MR) is 106 cm³/mol. The van der Waals surface area contributed by atoms with Gasteiger partial charge in [0.1, 0.15) is 11.5 Å². The smallest absolute Gasteiger partial charge is 0.306 e. The molecule has 8 heteroatoms. The highest BCUT2D eigenvalue weighted by Crippen LogP contribution is 2.15. The van der Waals surface area contributed by atoms with Crippen molar-refractivity contribution in [2.24, 2.45) is 0 Å². The molecule has 0 spiro atoms. The molecule has 0 aromatic heterocycles. The van der Waals surface area contributed by atoms with Crippen LogP contribution in [-0.2, 0) is 26.0 Å². The van der Waals surface area contributed by atoms with Gasteiger partial charge in [-0.25, -0.2) is 4.21 Å². The minimum Gasteiger partial charge on any atom is -0.401 e. The van der Waals surface area contributed by atoms with Gasteiger partial charge in [-0.15, -0.1) is 0 Å². The Bertz CT molecular complexity index is 972. The third kappa shape index (κ3) is 8.02. The summed E-state index contributed by atoms with van der Waals surface area (Å²) in [5.41, 5.74) is 1.53. The summed E-state index contributed by atoms with van der Waals surface area (Å²) in [4.78, 5) is 11.9. The lowest BCUT2D eigenvalue weighted by Crippen LogP contribution is -2.05. The molecule has 0 saturated heterocycles. The molecule has 2 rings (SSSR count). The molecule has 0 fully saturated rings. The van der Waals surface area contributed by atoms with Gasteiger partial charge in [-0.1, -0.05) is 36.4 Å². The van der Waals surface area contributed by atoms with Crippen molar-refractivity contribution >= 4 is 39.1 Å². The second kappa shape index (κ2) is 9.29. The van der Waals surface area contributed by atoms with Gasteiger partial charge in [0.2, 0.25) is 11.1 Å². The van der Waals surface area contributed by atoms with Crippen molar-refractivity contribution in [1.82, 2.24) is 0 Å². The number of hydrogen-bond donors (Lipinski definition) is 0. The molecule has 0 radical (unpaired) electrons. The van der Waals surface area contributed by atoms with Crippen molar-refractivity contribution in [2.45, 2.75) is 0 Å². The van der Waals surface area contributed by atoms with Gasteiger partial charge in [0, 0.05) is 6.26 Å². The Hall–Kier alpha value is -2.71. The Kier molecular flexibility index (Phi) is 7.09. The van der Waals surface area contributed by atoms with Crippen molar-refractivity contribution in [3.63, 3.8) is 0 Å². The third-order valence-electron chi connectivity index (χ3n) is 3.10. The first-order chi connectivity index (χ1) is 12.7. The van der Waals surface area contributed by atoms with E-state index >= 15 is 0 Å². The molecule has 1 unspecified atom stereocenters. The van der Waals surface area contributed by atoms with E-state index in [2.05, 4.69) is 0 Å². The number of rotatable bonds is 8. The highest BCUT2D eigenvalue weighted by Gasteiger charge is 2.03. The van der Waals surface area contributed by atoms with Crippen molar-refractivity contribution in [3.05, 3.63) is 71.8 Å². The Morgan fingerprint density at radius 1 is 0.889 bits per heavy atom. The highest BCUT2D eigenvalue weighted by atomic mass is 32.2. The molecule has 0 saturated carbocycles. The fourth-order valence-electron chi connectivity index (χ4n) is 1.99. The summed E-state index contributed by atoms with van der Waals surface area (Å²) in [7, 11) is -3.56. The van der Waals surface area contributed by atoms with Gasteiger partial charge in [-0.2, -0.15) is 8.42 Å². The zero-order chi connectivity index (χ0) is 19.9. The van der Waals surface area contributed by atoms with Gasteiger partial charge in [-0.05, 0) is 47.5 Å². The van der Waals surface area contributed by atoms with Crippen LogP contribution in [0, 0.1) is 0 Å². The monoisotopic (exact) mass is 406 g/mol. The van der Waals surface area contributed by atoms with Gasteiger partial charge < -0.3 is 8.37 Å². The average molecular weight is 406 g/mol. The van der Waals surface area contributed by atoms with Crippen molar-refractivity contribution in [2.75, 3.05) is 12.5 Å². The summed E-state index contributed by atoms with van der Waals surface area (Å²) in [5, 5.41) is 0. The van der Waals surface area contributed by atoms with Crippen LogP contribution >= 0.6 is 0 Å². The minimum atomic E-state index is -3.56. The van der Waals surface area contributed by atoms with E-state index in [4.69, 9.17) is 8.37 Å². The standard InChI is InChI=1S/C19H18O6S2/c1-26(21)24-18-11-5-15(6-12-18)3-9-17(20)10-4-16-7-13-19(14-8-16)25-27(2,22)23/h3-14H,1-2H3/b9-3+,10-4+. The third-order valence-corrected chi connectivity index (χ3v) is 4.02. The molecule has 0 heterocycles. The molecule has 2 aromatic carbocycles. The number of ketones is 1. The van der Waals surface area contributed by atoms with Crippen LogP contribution in [0.2, 0.25) is 0 Å². The van der Waals surface area contributed by atoms with Gasteiger partial charge in [0.25, 0.3) is 0 Å². The second-order valence-electron chi connectivity index (χ2n) is 5.48. The number of hydrogen-bond acceptors (Lipinski definition) is 6. The Morgan fingerprint density at radius 3 is 1.74 bits per heavy atom. The molecule has 0 bridgehead atoms. The number of allylic oxidation sites excluding steroid dienone is 2. The van der Waals surface area contributed by atoms with Crippen LogP contribution in [0.4, 0.5) is 0 Å². The van der Waals surface area contributed by atoms with E-state index in [9.17, 15) is 17.4 Å². The second-order valence-corrected chi connectivity index (χ2v) is 8.02. The van der Waals surface area contributed by atoms with Crippen molar-refractivity contribution in [3.8, 4) is 11.5 Å². The topological polar surface area (TPSA) is 86.7 Å². The highest BCUT2D eigenvalue weighted by molar-refractivity contribution is 7.86. The molecule has 0 aliphatic carbocycles. The van der Waals surface area contributed by atoms with Gasteiger partial charge in [0.05, 0.1) is 6.26 Å². The summed E-state index contributed by atoms with van der Waals surface area (Å²) < 4.78 is 42.9. The number of carbonyl (C=O) groups excluding carboxylic acids is 1. The lowest BCUT2D eigenvalue weighted by molar-refractivity contribution is -0.110. The van der Waals surface area contributed by atoms with Crippen LogP contribution in [0.25, 0.3) is 12.2 Å². The molecular weight excluding hydrogens is 388 g/mol. The maximum Gasteiger partial charge on any atom is 0.306 e. The zero-order valence-electron chi connectivity index (χ0n) is 14.7. The summed E-state index contributed by atoms with van der Waals surface area (Å²) in [6, 6.07) is 13.1. The molecule has 142 valence electrons. The van der Waals surface area contributed by atoms with Crippen molar-refractivity contribution < 1.29 is 25.8 Å². The van der Waals surface area contributed by atoms with E-state index in [1.165, 1.54) is 30.5 Å². The Labute approximate surface area is 160 Å². The number of carbonyl (C=O) groups is 1. The molecular formula is C19H18O6S2. The minimum absolute atomic E-state index is 0.207. The van der Waals surface area contributed by atoms with Gasteiger partial charge in [-0.3, -0.25) is 4.79 Å². The van der Waals surface area contributed by atoms with Crippen LogP contribution < -0.4 is 8.37 Å². The first-order valence-corrected chi connectivity index (χ1v) is 11.0. The maximum absolute atomic E-state index is 11.9. The van der Waals surface area contributed by atoms with E-state index < -0.39 is 21.2 Å². The first-order valence-electron chi connectivity index (χ1n) is 7.73. The molecule has 27 heavy (non-hydrogen) atoms. The molecule has 0 aliphatic heterocycles. The van der Waals surface area contributed by atoms with Crippen LogP contribution in [0.3, 0.4) is 0 Å². The van der Waals surface area contributed by atoms with Crippen LogP contribution in [-0.4, -0.2) is 30.9 Å². The average Bonchev–Trinajstić information content (AvgIpc) is 2.59. The van der Waals surface area contributed by atoms with Crippen LogP contribution in [0.5, 0.6) is 11.5 Å². The van der Waals surface area contributed by atoms with E-state index in [1.807, 2.05) is 0 Å². The van der Waals surface area contributed by atoms with E-state index in [1.54, 1.807) is 48.6 Å². The SMILES string of the molecule is CS(=O)Oc1ccc(/C=C/C(=O)/C=C/c2ccc(OS(C)(=O)=O)cc2)cc1. The Balaban J connectivity index is 1.94. The number of benzene rings is 2. The van der Waals surface area contributed by atoms with E-state index in [0.29, 0.717) is 5.75 Å². The van der Waals surface area contributed by atoms with Gasteiger partial charge >= 0.3 is 10.1 Å². The lowest BCUT2D eigenvalue weighted by atomic mass is 10.1. The molecule has 6 nitrogen and oxygen atoms in total. The molecule has 1 atom stereocenters. The molecule has 2 aromatic rings. The first kappa shape index (κ1) is 20.6. The lowest BCUT2D eigenvalue weighted by Gasteiger charge is -2.02. The fourth-order valence-corrected chi connectivity index (χ4v) is 2.83. The fraction of sp³-hybridized carbons (Fsp3) is 0.105. The van der Waals surface area contributed by atoms with E-state index in [0.717, 1.165) is 17.4 Å². The molecule has 0 N–H and O–H groups in total. The zero-order valence-corrected chi connectivity index (χ0v) is 16.3. The quantitative estimate of drug-likeness (QED) is 0.495. The summed E-state index contributed by atoms with van der Waals surface area (Å²) in [5.74, 6) is 0.490. The summed E-state index contributed by atoms with van der Waals surface area (Å²) in [6.07, 6.45) is 8.50. The maximum atomic E-state index is 11.9. The van der Waals surface area contributed by atoms with Crippen LogP contribution in [0.15, 0.2) is 60.7 Å². The molecule has 0 amide bonds. The largest absolute Gasteiger partial charge is 0.401 e. The predicted octanol–water partition coefficient (Wildman–Crippen LogP) is 2.99. The summed E-state index contributed by atoms with van der Waals surface area (Å²) in [6.45, 7) is 0. The van der Waals surface area contributed by atoms with Gasteiger partial charge in [0.15, 0.2) is 5.78 Å². The van der Waals surface area contributed by atoms with Crippen LogP contribution in [0.1, 0.15) is 11.1 Å². The molecule has 0 aliphatic rings. The summed E-state index contributed by atoms with van der Waals surface area (Å²) >= 11 is -1.38. The normalized spacial score (nSPS) is 13.0. The van der Waals surface area contributed by atoms with E-state index in [-0.39, 0.29) is 11.5 Å².